The average Bonchev–Trinajstić information content (AvgIpc) is 2.92. The fraction of sp³-hybridized carbons (Fsp3) is 0.643. The van der Waals surface area contributed by atoms with Gasteiger partial charge in [-0.25, -0.2) is 4.98 Å². The molecule has 2 aromatic heterocycles. The van der Waals surface area contributed by atoms with Crippen molar-refractivity contribution in [2.45, 2.75) is 33.2 Å². The standard InChI is InChI=1S/C14H21N3S2/c1-10-9-19-14-16-11(2)13(17(10)14)8-15-7-12-3-5-18-6-4-12/h9,12,15H,3-8H2,1-2H3. The summed E-state index contributed by atoms with van der Waals surface area (Å²) in [4.78, 5) is 5.76. The first-order valence-corrected chi connectivity index (χ1v) is 8.99. The van der Waals surface area contributed by atoms with Crippen LogP contribution >= 0.6 is 23.1 Å². The van der Waals surface area contributed by atoms with E-state index in [0.29, 0.717) is 0 Å². The van der Waals surface area contributed by atoms with Gasteiger partial charge in [-0.3, -0.25) is 4.40 Å². The lowest BCUT2D eigenvalue weighted by atomic mass is 10.0. The van der Waals surface area contributed by atoms with Crippen molar-refractivity contribution in [2.24, 2.45) is 5.92 Å². The Morgan fingerprint density at radius 2 is 2.16 bits per heavy atom. The summed E-state index contributed by atoms with van der Waals surface area (Å²) < 4.78 is 2.30. The van der Waals surface area contributed by atoms with Crippen LogP contribution in [-0.4, -0.2) is 27.4 Å². The van der Waals surface area contributed by atoms with Gasteiger partial charge in [0.05, 0.1) is 11.4 Å². The maximum absolute atomic E-state index is 4.64. The van der Waals surface area contributed by atoms with E-state index >= 15 is 0 Å². The van der Waals surface area contributed by atoms with Crippen LogP contribution in [0.4, 0.5) is 0 Å². The molecule has 3 nitrogen and oxygen atoms in total. The van der Waals surface area contributed by atoms with Crippen molar-refractivity contribution in [3.8, 4) is 0 Å². The molecule has 104 valence electrons. The first kappa shape index (κ1) is 13.5. The Hall–Kier alpha value is -0.520. The Bertz CT molecular complexity index is 552. The van der Waals surface area contributed by atoms with Gasteiger partial charge in [0.2, 0.25) is 0 Å². The van der Waals surface area contributed by atoms with Crippen LogP contribution in [0, 0.1) is 19.8 Å². The minimum atomic E-state index is 0.869. The molecule has 0 spiro atoms. The molecule has 0 aliphatic carbocycles. The molecule has 1 aliphatic heterocycles. The number of nitrogens with one attached hydrogen (secondary N) is 1. The van der Waals surface area contributed by atoms with E-state index in [1.807, 2.05) is 0 Å². The number of nitrogens with zero attached hydrogens (tertiary/aromatic N) is 2. The SMILES string of the molecule is Cc1nc2scc(C)n2c1CNCC1CCSCC1. The maximum atomic E-state index is 4.64. The summed E-state index contributed by atoms with van der Waals surface area (Å²) in [6, 6.07) is 0. The first-order valence-electron chi connectivity index (χ1n) is 6.96. The number of thiazole rings is 1. The van der Waals surface area contributed by atoms with Crippen LogP contribution in [0.3, 0.4) is 0 Å². The molecule has 1 saturated heterocycles. The highest BCUT2D eigenvalue weighted by molar-refractivity contribution is 7.99. The Morgan fingerprint density at radius 3 is 2.95 bits per heavy atom. The third kappa shape index (κ3) is 2.83. The van der Waals surface area contributed by atoms with E-state index in [0.717, 1.165) is 24.0 Å². The van der Waals surface area contributed by atoms with Gasteiger partial charge in [-0.1, -0.05) is 0 Å². The molecule has 0 amide bonds. The van der Waals surface area contributed by atoms with Crippen molar-refractivity contribution in [3.05, 3.63) is 22.5 Å². The molecular weight excluding hydrogens is 274 g/mol. The number of imidazole rings is 1. The van der Waals surface area contributed by atoms with E-state index in [2.05, 4.69) is 45.7 Å². The average molecular weight is 295 g/mol. The number of aromatic nitrogens is 2. The molecule has 0 radical (unpaired) electrons. The molecule has 19 heavy (non-hydrogen) atoms. The second-order valence-corrected chi connectivity index (χ2v) is 7.39. The number of hydrogen-bond acceptors (Lipinski definition) is 4. The van der Waals surface area contributed by atoms with Gasteiger partial charge in [0, 0.05) is 17.6 Å². The number of aryl methyl sites for hydroxylation is 2. The highest BCUT2D eigenvalue weighted by Gasteiger charge is 2.15. The predicted molar refractivity (Wildman–Crippen MR) is 84.3 cm³/mol. The molecule has 1 fully saturated rings. The van der Waals surface area contributed by atoms with Crippen molar-refractivity contribution in [1.82, 2.24) is 14.7 Å². The van der Waals surface area contributed by atoms with Gasteiger partial charge < -0.3 is 5.32 Å². The van der Waals surface area contributed by atoms with Crippen molar-refractivity contribution in [1.29, 1.82) is 0 Å². The monoisotopic (exact) mass is 295 g/mol. The Labute approximate surface area is 122 Å². The molecule has 5 heteroatoms. The van der Waals surface area contributed by atoms with E-state index in [1.54, 1.807) is 11.3 Å². The van der Waals surface area contributed by atoms with Crippen molar-refractivity contribution < 1.29 is 0 Å². The summed E-state index contributed by atoms with van der Waals surface area (Å²) in [5, 5.41) is 5.83. The van der Waals surface area contributed by atoms with E-state index < -0.39 is 0 Å². The lowest BCUT2D eigenvalue weighted by Crippen LogP contribution is -2.26. The summed E-state index contributed by atoms with van der Waals surface area (Å²) in [7, 11) is 0. The third-order valence-electron chi connectivity index (χ3n) is 3.90. The molecule has 2 aromatic rings. The number of hydrogen-bond donors (Lipinski definition) is 1. The second-order valence-electron chi connectivity index (χ2n) is 5.33. The van der Waals surface area contributed by atoms with Gasteiger partial charge in [-0.2, -0.15) is 11.8 Å². The fourth-order valence-corrected chi connectivity index (χ4v) is 4.86. The zero-order chi connectivity index (χ0) is 13.2. The smallest absolute Gasteiger partial charge is 0.194 e. The van der Waals surface area contributed by atoms with Crippen molar-refractivity contribution in [2.75, 3.05) is 18.1 Å². The summed E-state index contributed by atoms with van der Waals surface area (Å²) >= 11 is 3.83. The minimum Gasteiger partial charge on any atom is -0.311 e. The van der Waals surface area contributed by atoms with Crippen LogP contribution in [0.15, 0.2) is 5.38 Å². The van der Waals surface area contributed by atoms with Crippen LogP contribution in [0.5, 0.6) is 0 Å². The summed E-state index contributed by atoms with van der Waals surface area (Å²) in [5.41, 5.74) is 3.80. The summed E-state index contributed by atoms with van der Waals surface area (Å²) in [6.07, 6.45) is 2.74. The summed E-state index contributed by atoms with van der Waals surface area (Å²) in [6.45, 7) is 6.37. The van der Waals surface area contributed by atoms with Crippen LogP contribution in [-0.2, 0) is 6.54 Å². The molecule has 0 aromatic carbocycles. The minimum absolute atomic E-state index is 0.869. The zero-order valence-electron chi connectivity index (χ0n) is 11.6. The van der Waals surface area contributed by atoms with Crippen LogP contribution in [0.1, 0.15) is 29.9 Å². The van der Waals surface area contributed by atoms with E-state index in [4.69, 9.17) is 0 Å². The number of thioether (sulfide) groups is 1. The highest BCUT2D eigenvalue weighted by atomic mass is 32.2. The van der Waals surface area contributed by atoms with Crippen molar-refractivity contribution in [3.63, 3.8) is 0 Å². The zero-order valence-corrected chi connectivity index (χ0v) is 13.2. The van der Waals surface area contributed by atoms with Gasteiger partial charge in [0.25, 0.3) is 0 Å². The molecule has 1 N–H and O–H groups in total. The Balaban J connectivity index is 1.64. The number of fused-ring (bicyclic) bond motifs is 1. The van der Waals surface area contributed by atoms with Gasteiger partial charge in [0.15, 0.2) is 4.96 Å². The molecular formula is C14H21N3S2. The Kier molecular flexibility index (Phi) is 4.15. The molecule has 0 atom stereocenters. The first-order chi connectivity index (χ1) is 9.25. The fourth-order valence-electron chi connectivity index (χ4n) is 2.72. The van der Waals surface area contributed by atoms with E-state index in [9.17, 15) is 0 Å². The molecule has 0 bridgehead atoms. The quantitative estimate of drug-likeness (QED) is 0.939. The second kappa shape index (κ2) is 5.85. The molecule has 3 rings (SSSR count). The number of rotatable bonds is 4. The molecule has 0 unspecified atom stereocenters. The largest absolute Gasteiger partial charge is 0.311 e. The molecule has 0 saturated carbocycles. The van der Waals surface area contributed by atoms with Crippen LogP contribution in [0.2, 0.25) is 0 Å². The maximum Gasteiger partial charge on any atom is 0.194 e. The van der Waals surface area contributed by atoms with Crippen molar-refractivity contribution >= 4 is 28.1 Å². The van der Waals surface area contributed by atoms with E-state index in [-0.39, 0.29) is 0 Å². The van der Waals surface area contributed by atoms with Crippen LogP contribution < -0.4 is 5.32 Å². The lowest BCUT2D eigenvalue weighted by Gasteiger charge is -2.21. The highest BCUT2D eigenvalue weighted by Crippen LogP contribution is 2.23. The molecule has 3 heterocycles. The summed E-state index contributed by atoms with van der Waals surface area (Å²) in [5.74, 6) is 3.55. The molecule has 1 aliphatic rings. The normalized spacial score (nSPS) is 17.4. The van der Waals surface area contributed by atoms with Gasteiger partial charge in [-0.05, 0) is 50.7 Å². The lowest BCUT2D eigenvalue weighted by molar-refractivity contribution is 0.445. The van der Waals surface area contributed by atoms with Gasteiger partial charge in [0.1, 0.15) is 0 Å². The third-order valence-corrected chi connectivity index (χ3v) is 5.89. The Morgan fingerprint density at radius 1 is 1.37 bits per heavy atom. The topological polar surface area (TPSA) is 29.3 Å². The van der Waals surface area contributed by atoms with Gasteiger partial charge >= 0.3 is 0 Å². The van der Waals surface area contributed by atoms with Gasteiger partial charge in [-0.15, -0.1) is 11.3 Å². The van der Waals surface area contributed by atoms with E-state index in [1.165, 1.54) is 41.4 Å². The van der Waals surface area contributed by atoms with Crippen LogP contribution in [0.25, 0.3) is 4.96 Å². The predicted octanol–water partition coefficient (Wildman–Crippen LogP) is 3.25.